The molecule has 0 saturated carbocycles. The number of carbonyl (C=O) groups excluding carboxylic acids is 3. The summed E-state index contributed by atoms with van der Waals surface area (Å²) in [4.78, 5) is 40.9. The molecule has 0 unspecified atom stereocenters. The third kappa shape index (κ3) is 4.55. The van der Waals surface area contributed by atoms with Crippen molar-refractivity contribution in [1.82, 2.24) is 9.80 Å². The Hall–Kier alpha value is -3.35. The summed E-state index contributed by atoms with van der Waals surface area (Å²) in [5, 5.41) is 0. The van der Waals surface area contributed by atoms with Gasteiger partial charge in [-0.2, -0.15) is 0 Å². The van der Waals surface area contributed by atoms with Crippen molar-refractivity contribution >= 4 is 17.7 Å². The number of likely N-dealkylation sites (N-methyl/N-ethyl adjacent to an activating group) is 1. The van der Waals surface area contributed by atoms with Gasteiger partial charge in [0, 0.05) is 25.7 Å². The summed E-state index contributed by atoms with van der Waals surface area (Å²) in [6.07, 6.45) is 2.29. The topological polar surface area (TPSA) is 76.2 Å². The van der Waals surface area contributed by atoms with E-state index < -0.39 is 0 Å². The van der Waals surface area contributed by atoms with E-state index in [1.54, 1.807) is 38.3 Å². The second-order valence-corrected chi connectivity index (χ2v) is 7.54. The predicted molar refractivity (Wildman–Crippen MR) is 117 cm³/mol. The van der Waals surface area contributed by atoms with E-state index in [2.05, 4.69) is 0 Å². The van der Waals surface area contributed by atoms with E-state index in [1.165, 1.54) is 11.0 Å². The monoisotopic (exact) mass is 424 g/mol. The van der Waals surface area contributed by atoms with Crippen LogP contribution in [0.25, 0.3) is 0 Å². The average Bonchev–Trinajstić information content (AvgIpc) is 3.04. The molecule has 3 amide bonds. The number of fused-ring (bicyclic) bond motifs is 1. The number of methoxy groups -OCH3 is 2. The Morgan fingerprint density at radius 2 is 1.68 bits per heavy atom. The largest absolute Gasteiger partial charge is 0.493 e. The number of amides is 3. The van der Waals surface area contributed by atoms with Gasteiger partial charge in [-0.05, 0) is 48.7 Å². The van der Waals surface area contributed by atoms with Crippen molar-refractivity contribution in [3.8, 4) is 11.5 Å². The first-order valence-corrected chi connectivity index (χ1v) is 10.4. The first kappa shape index (κ1) is 22.3. The highest BCUT2D eigenvalue weighted by Gasteiger charge is 2.35. The second kappa shape index (κ2) is 9.64. The molecule has 7 nitrogen and oxygen atoms in total. The minimum atomic E-state index is -0.323. The number of hydrogen-bond donors (Lipinski definition) is 0. The zero-order valence-electron chi connectivity index (χ0n) is 18.4. The Bertz CT molecular complexity index is 1000. The van der Waals surface area contributed by atoms with E-state index >= 15 is 0 Å². The molecule has 0 aromatic heterocycles. The molecule has 0 fully saturated rings. The van der Waals surface area contributed by atoms with Gasteiger partial charge in [0.25, 0.3) is 17.7 Å². The Balaban J connectivity index is 1.69. The number of nitrogens with zero attached hydrogens (tertiary/aromatic N) is 2. The Labute approximate surface area is 182 Å². The third-order valence-electron chi connectivity index (χ3n) is 5.48. The van der Waals surface area contributed by atoms with E-state index in [-0.39, 0.29) is 17.7 Å². The molecule has 0 atom stereocenters. The summed E-state index contributed by atoms with van der Waals surface area (Å²) in [5.74, 6) is 0.491. The van der Waals surface area contributed by atoms with Crippen molar-refractivity contribution in [1.29, 1.82) is 0 Å². The number of carbonyl (C=O) groups is 3. The van der Waals surface area contributed by atoms with Crippen LogP contribution in [-0.4, -0.2) is 61.9 Å². The van der Waals surface area contributed by atoms with Gasteiger partial charge < -0.3 is 14.4 Å². The first-order chi connectivity index (χ1) is 14.9. The summed E-state index contributed by atoms with van der Waals surface area (Å²) in [7, 11) is 4.89. The van der Waals surface area contributed by atoms with E-state index in [4.69, 9.17) is 9.47 Å². The first-order valence-electron chi connectivity index (χ1n) is 10.4. The molecule has 1 aliphatic rings. The fraction of sp³-hybridized carbons (Fsp3) is 0.375. The summed E-state index contributed by atoms with van der Waals surface area (Å²) in [5.41, 5.74) is 2.08. The van der Waals surface area contributed by atoms with Gasteiger partial charge in [-0.25, -0.2) is 0 Å². The highest BCUT2D eigenvalue weighted by Crippen LogP contribution is 2.28. The van der Waals surface area contributed by atoms with Crippen LogP contribution in [0, 0.1) is 0 Å². The normalized spacial score (nSPS) is 12.7. The number of ether oxygens (including phenoxy) is 2. The van der Waals surface area contributed by atoms with Gasteiger partial charge in [0.1, 0.15) is 0 Å². The molecule has 0 N–H and O–H groups in total. The number of benzene rings is 2. The van der Waals surface area contributed by atoms with Crippen molar-refractivity contribution in [2.75, 3.05) is 34.4 Å². The number of unbranched alkanes of at least 4 members (excludes halogenated alkanes) is 1. The Morgan fingerprint density at radius 3 is 2.35 bits per heavy atom. The van der Waals surface area contributed by atoms with Gasteiger partial charge in [-0.1, -0.05) is 19.4 Å². The minimum Gasteiger partial charge on any atom is -0.493 e. The number of imide groups is 1. The molecule has 31 heavy (non-hydrogen) atoms. The van der Waals surface area contributed by atoms with Crippen molar-refractivity contribution in [3.05, 3.63) is 58.7 Å². The van der Waals surface area contributed by atoms with Crippen LogP contribution in [0.5, 0.6) is 11.5 Å². The van der Waals surface area contributed by atoms with Crippen LogP contribution in [0.2, 0.25) is 0 Å². The zero-order valence-corrected chi connectivity index (χ0v) is 18.4. The summed E-state index contributed by atoms with van der Waals surface area (Å²) >= 11 is 0. The van der Waals surface area contributed by atoms with Crippen LogP contribution in [0.1, 0.15) is 56.4 Å². The third-order valence-corrected chi connectivity index (χ3v) is 5.48. The molecule has 0 bridgehead atoms. The maximum atomic E-state index is 12.9. The summed E-state index contributed by atoms with van der Waals surface area (Å²) < 4.78 is 10.6. The fourth-order valence-electron chi connectivity index (χ4n) is 3.60. The lowest BCUT2D eigenvalue weighted by atomic mass is 10.0. The van der Waals surface area contributed by atoms with Gasteiger partial charge in [0.2, 0.25) is 0 Å². The van der Waals surface area contributed by atoms with Gasteiger partial charge >= 0.3 is 0 Å². The summed E-state index contributed by atoms with van der Waals surface area (Å²) in [6.45, 7) is 2.89. The lowest BCUT2D eigenvalue weighted by Gasteiger charge is -2.18. The molecule has 1 heterocycles. The zero-order chi connectivity index (χ0) is 22.5. The molecular formula is C24H28N2O5. The van der Waals surface area contributed by atoms with Crippen LogP contribution in [0.3, 0.4) is 0 Å². The Kier molecular flexibility index (Phi) is 6.95. The lowest BCUT2D eigenvalue weighted by molar-refractivity contribution is 0.0652. The number of hydrogen-bond acceptors (Lipinski definition) is 5. The van der Waals surface area contributed by atoms with Crippen molar-refractivity contribution in [3.63, 3.8) is 0 Å². The van der Waals surface area contributed by atoms with E-state index in [9.17, 15) is 14.4 Å². The van der Waals surface area contributed by atoms with E-state index in [1.807, 2.05) is 25.1 Å². The highest BCUT2D eigenvalue weighted by molar-refractivity contribution is 6.22. The van der Waals surface area contributed by atoms with Gasteiger partial charge in [0.05, 0.1) is 25.3 Å². The Morgan fingerprint density at radius 1 is 0.968 bits per heavy atom. The van der Waals surface area contributed by atoms with Gasteiger partial charge in [-0.15, -0.1) is 0 Å². The van der Waals surface area contributed by atoms with Crippen LogP contribution in [0.4, 0.5) is 0 Å². The van der Waals surface area contributed by atoms with Crippen molar-refractivity contribution < 1.29 is 23.9 Å². The molecule has 164 valence electrons. The highest BCUT2D eigenvalue weighted by atomic mass is 16.5. The second-order valence-electron chi connectivity index (χ2n) is 7.54. The maximum Gasteiger partial charge on any atom is 0.261 e. The molecule has 0 spiro atoms. The van der Waals surface area contributed by atoms with Crippen LogP contribution in [0.15, 0.2) is 36.4 Å². The minimum absolute atomic E-state index is 0.199. The quantitative estimate of drug-likeness (QED) is 0.577. The SMILES string of the molecule is CCCCN1C(=O)c2ccc(C(=O)N(C)CCc3ccc(OC)c(OC)c3)cc2C1=O. The van der Waals surface area contributed by atoms with Crippen molar-refractivity contribution in [2.24, 2.45) is 0 Å². The fourth-order valence-corrected chi connectivity index (χ4v) is 3.60. The van der Waals surface area contributed by atoms with Gasteiger partial charge in [-0.3, -0.25) is 19.3 Å². The van der Waals surface area contributed by atoms with Crippen LogP contribution in [-0.2, 0) is 6.42 Å². The molecule has 0 radical (unpaired) electrons. The van der Waals surface area contributed by atoms with Crippen molar-refractivity contribution in [2.45, 2.75) is 26.2 Å². The lowest BCUT2D eigenvalue weighted by Crippen LogP contribution is -2.30. The van der Waals surface area contributed by atoms with E-state index in [0.29, 0.717) is 47.7 Å². The van der Waals surface area contributed by atoms with Crippen LogP contribution < -0.4 is 9.47 Å². The predicted octanol–water partition coefficient (Wildman–Crippen LogP) is 3.41. The van der Waals surface area contributed by atoms with Gasteiger partial charge in [0.15, 0.2) is 11.5 Å². The number of rotatable bonds is 9. The smallest absolute Gasteiger partial charge is 0.261 e. The molecule has 2 aromatic rings. The molecule has 3 rings (SSSR count). The average molecular weight is 424 g/mol. The van der Waals surface area contributed by atoms with Crippen LogP contribution >= 0.6 is 0 Å². The molecule has 0 saturated heterocycles. The maximum absolute atomic E-state index is 12.9. The summed E-state index contributed by atoms with van der Waals surface area (Å²) in [6, 6.07) is 10.4. The molecule has 7 heteroatoms. The molecule has 0 aliphatic carbocycles. The van der Waals surface area contributed by atoms with E-state index in [0.717, 1.165) is 18.4 Å². The molecular weight excluding hydrogens is 396 g/mol. The molecule has 2 aromatic carbocycles. The standard InChI is InChI=1S/C24H28N2O5/c1-5-6-12-26-23(28)18-9-8-17(15-19(18)24(26)29)22(27)25(2)13-11-16-7-10-20(30-3)21(14-16)31-4/h7-10,14-15H,5-6,11-13H2,1-4H3. The molecule has 1 aliphatic heterocycles.